The Bertz CT molecular complexity index is 712. The molecule has 0 aliphatic heterocycles. The van der Waals surface area contributed by atoms with Crippen molar-refractivity contribution in [2.75, 3.05) is 0 Å². The highest BCUT2D eigenvalue weighted by Gasteiger charge is 2.33. The van der Waals surface area contributed by atoms with Gasteiger partial charge in [-0.25, -0.2) is 0 Å². The molecule has 4 atom stereocenters. The minimum Gasteiger partial charge on any atom is -0.481 e. The first-order valence-corrected chi connectivity index (χ1v) is 18.3. The highest BCUT2D eigenvalue weighted by atomic mass is 16.4. The highest BCUT2D eigenvalue weighted by molar-refractivity contribution is 5.66. The maximum atomic E-state index is 10.7. The van der Waals surface area contributed by atoms with Gasteiger partial charge in [-0.15, -0.1) is 0 Å². The Kier molecular flexibility index (Phi) is 24.7. The van der Waals surface area contributed by atoms with Gasteiger partial charge >= 0.3 is 11.9 Å². The number of carbonyl (C=O) groups is 2. The summed E-state index contributed by atoms with van der Waals surface area (Å²) in [5.41, 5.74) is 0. The molecular weight excluding hydrogens is 520 g/mol. The zero-order chi connectivity index (χ0) is 30.7. The van der Waals surface area contributed by atoms with Gasteiger partial charge in [-0.05, 0) is 68.6 Å². The van der Waals surface area contributed by atoms with Crippen LogP contribution in [-0.4, -0.2) is 22.2 Å². The number of aliphatic carboxylic acids is 2. The van der Waals surface area contributed by atoms with E-state index in [1.54, 1.807) is 0 Å². The summed E-state index contributed by atoms with van der Waals surface area (Å²) >= 11 is 0. The average molecular weight is 589 g/mol. The van der Waals surface area contributed by atoms with Crippen molar-refractivity contribution in [1.82, 2.24) is 0 Å². The number of unbranched alkanes of at least 4 members (excludes halogenated alkanes) is 17. The second kappa shape index (κ2) is 27.0. The van der Waals surface area contributed by atoms with E-state index >= 15 is 0 Å². The van der Waals surface area contributed by atoms with Gasteiger partial charge in [0.25, 0.3) is 0 Å². The number of rotatable bonds is 29. The molecule has 0 heterocycles. The predicted molar refractivity (Wildman–Crippen MR) is 179 cm³/mol. The van der Waals surface area contributed by atoms with E-state index in [4.69, 9.17) is 10.2 Å². The van der Waals surface area contributed by atoms with Crippen LogP contribution in [0.3, 0.4) is 0 Å². The SMILES string of the molecule is CCCCCCC1C=CC(CCCCCCCCC(=O)O)C(C=CCCCCCCCCC(=O)O)C1CCCCCC. The number of carboxylic acids is 2. The lowest BCUT2D eigenvalue weighted by Crippen LogP contribution is -2.30. The van der Waals surface area contributed by atoms with Gasteiger partial charge in [0.2, 0.25) is 0 Å². The van der Waals surface area contributed by atoms with Crippen molar-refractivity contribution >= 4 is 11.9 Å². The van der Waals surface area contributed by atoms with Gasteiger partial charge in [-0.1, -0.05) is 147 Å². The van der Waals surface area contributed by atoms with E-state index in [1.807, 2.05) is 0 Å². The number of carboxylic acid groups (broad SMARTS) is 2. The van der Waals surface area contributed by atoms with Crippen LogP contribution >= 0.6 is 0 Å². The van der Waals surface area contributed by atoms with Crippen LogP contribution in [0.15, 0.2) is 24.3 Å². The minimum atomic E-state index is -0.671. The molecule has 0 aromatic rings. The molecule has 0 radical (unpaired) electrons. The maximum Gasteiger partial charge on any atom is 0.303 e. The summed E-state index contributed by atoms with van der Waals surface area (Å²) in [5.74, 6) is 1.49. The number of hydrogen-bond acceptors (Lipinski definition) is 2. The summed E-state index contributed by atoms with van der Waals surface area (Å²) in [5, 5.41) is 17.6. The summed E-state index contributed by atoms with van der Waals surface area (Å²) in [6, 6.07) is 0. The highest BCUT2D eigenvalue weighted by Crippen LogP contribution is 2.43. The second-order valence-corrected chi connectivity index (χ2v) is 13.2. The van der Waals surface area contributed by atoms with E-state index in [0.29, 0.717) is 24.7 Å². The molecule has 4 unspecified atom stereocenters. The van der Waals surface area contributed by atoms with Crippen molar-refractivity contribution in [3.05, 3.63) is 24.3 Å². The molecule has 1 aliphatic rings. The van der Waals surface area contributed by atoms with Crippen LogP contribution in [-0.2, 0) is 9.59 Å². The molecule has 0 aromatic heterocycles. The van der Waals surface area contributed by atoms with Crippen molar-refractivity contribution in [1.29, 1.82) is 0 Å². The molecule has 0 saturated carbocycles. The molecule has 42 heavy (non-hydrogen) atoms. The molecule has 0 bridgehead atoms. The maximum absolute atomic E-state index is 10.7. The number of allylic oxidation sites excluding steroid dienone is 4. The van der Waals surface area contributed by atoms with Crippen molar-refractivity contribution in [2.24, 2.45) is 23.7 Å². The third-order valence-electron chi connectivity index (χ3n) is 9.47. The van der Waals surface area contributed by atoms with Crippen LogP contribution in [0.25, 0.3) is 0 Å². The molecule has 0 spiro atoms. The average Bonchev–Trinajstić information content (AvgIpc) is 2.96. The Morgan fingerprint density at radius 1 is 0.548 bits per heavy atom. The summed E-state index contributed by atoms with van der Waals surface area (Å²) in [4.78, 5) is 21.4. The second-order valence-electron chi connectivity index (χ2n) is 13.2. The summed E-state index contributed by atoms with van der Waals surface area (Å²) in [6.45, 7) is 4.61. The quantitative estimate of drug-likeness (QED) is 0.0673. The molecule has 1 aliphatic carbocycles. The van der Waals surface area contributed by atoms with Crippen LogP contribution in [0, 0.1) is 23.7 Å². The zero-order valence-electron chi connectivity index (χ0n) is 27.7. The number of hydrogen-bond donors (Lipinski definition) is 2. The molecular formula is C38H68O4. The first-order valence-electron chi connectivity index (χ1n) is 18.3. The first-order chi connectivity index (χ1) is 20.5. The van der Waals surface area contributed by atoms with E-state index in [0.717, 1.165) is 50.4 Å². The molecule has 1 rings (SSSR count). The molecule has 244 valence electrons. The van der Waals surface area contributed by atoms with Gasteiger partial charge in [0.05, 0.1) is 0 Å². The fourth-order valence-corrected chi connectivity index (χ4v) is 6.93. The van der Waals surface area contributed by atoms with Crippen LogP contribution in [0.4, 0.5) is 0 Å². The van der Waals surface area contributed by atoms with Crippen LogP contribution < -0.4 is 0 Å². The fourth-order valence-electron chi connectivity index (χ4n) is 6.93. The lowest BCUT2D eigenvalue weighted by atomic mass is 9.66. The van der Waals surface area contributed by atoms with Crippen molar-refractivity contribution in [3.8, 4) is 0 Å². The van der Waals surface area contributed by atoms with Gasteiger partial charge in [0, 0.05) is 12.8 Å². The van der Waals surface area contributed by atoms with Gasteiger partial charge in [-0.2, -0.15) is 0 Å². The van der Waals surface area contributed by atoms with E-state index < -0.39 is 11.9 Å². The third kappa shape index (κ3) is 20.3. The third-order valence-corrected chi connectivity index (χ3v) is 9.47. The molecule has 0 aromatic carbocycles. The smallest absolute Gasteiger partial charge is 0.303 e. The minimum absolute atomic E-state index is 0.311. The van der Waals surface area contributed by atoms with Crippen molar-refractivity contribution < 1.29 is 19.8 Å². The molecule has 0 saturated heterocycles. The topological polar surface area (TPSA) is 74.6 Å². The van der Waals surface area contributed by atoms with Gasteiger partial charge in [-0.3, -0.25) is 9.59 Å². The van der Waals surface area contributed by atoms with E-state index in [2.05, 4.69) is 38.2 Å². The summed E-state index contributed by atoms with van der Waals surface area (Å²) in [6.07, 6.45) is 40.5. The van der Waals surface area contributed by atoms with E-state index in [-0.39, 0.29) is 0 Å². The van der Waals surface area contributed by atoms with Crippen molar-refractivity contribution in [2.45, 2.75) is 181 Å². The van der Waals surface area contributed by atoms with Crippen LogP contribution in [0.5, 0.6) is 0 Å². The predicted octanol–water partition coefficient (Wildman–Crippen LogP) is 11.9. The Morgan fingerprint density at radius 2 is 0.976 bits per heavy atom. The van der Waals surface area contributed by atoms with Crippen molar-refractivity contribution in [3.63, 3.8) is 0 Å². The molecule has 4 nitrogen and oxygen atoms in total. The zero-order valence-corrected chi connectivity index (χ0v) is 27.7. The molecule has 2 N–H and O–H groups in total. The Labute approximate surface area is 260 Å². The first kappa shape index (κ1) is 38.4. The lowest BCUT2D eigenvalue weighted by Gasteiger charge is -2.39. The molecule has 0 fully saturated rings. The van der Waals surface area contributed by atoms with E-state index in [1.165, 1.54) is 116 Å². The van der Waals surface area contributed by atoms with Gasteiger partial charge in [0.15, 0.2) is 0 Å². The normalized spacial score (nSPS) is 20.4. The monoisotopic (exact) mass is 589 g/mol. The van der Waals surface area contributed by atoms with Crippen LogP contribution in [0.1, 0.15) is 181 Å². The fraction of sp³-hybridized carbons (Fsp3) is 0.842. The largest absolute Gasteiger partial charge is 0.481 e. The Balaban J connectivity index is 2.70. The van der Waals surface area contributed by atoms with Gasteiger partial charge < -0.3 is 10.2 Å². The Hall–Kier alpha value is -1.58. The standard InChI is InChI=1S/C38H68O4/c1-3-5-7-19-25-33-31-32-34(26-20-15-13-14-18-24-30-38(41)42)36(35(33)27-21-8-6-4-2)28-22-16-11-9-10-12-17-23-29-37(39)40/h22,28,31-36H,3-21,23-27,29-30H2,1-2H3,(H,39,40)(H,41,42). The Morgan fingerprint density at radius 3 is 1.52 bits per heavy atom. The summed E-state index contributed by atoms with van der Waals surface area (Å²) < 4.78 is 0. The van der Waals surface area contributed by atoms with Crippen LogP contribution in [0.2, 0.25) is 0 Å². The van der Waals surface area contributed by atoms with E-state index in [9.17, 15) is 9.59 Å². The molecule has 0 amide bonds. The lowest BCUT2D eigenvalue weighted by molar-refractivity contribution is -0.138. The van der Waals surface area contributed by atoms with Gasteiger partial charge in [0.1, 0.15) is 0 Å². The molecule has 4 heteroatoms. The summed E-state index contributed by atoms with van der Waals surface area (Å²) in [7, 11) is 0.